The number of ether oxygens (including phenoxy) is 1. The van der Waals surface area contributed by atoms with Crippen LogP contribution < -0.4 is 4.74 Å². The number of hydrazone groups is 1. The van der Waals surface area contributed by atoms with Gasteiger partial charge in [-0.2, -0.15) is 5.10 Å². The first kappa shape index (κ1) is 18.4. The molecule has 0 fully saturated rings. The van der Waals surface area contributed by atoms with Gasteiger partial charge in [0, 0.05) is 23.3 Å². The second-order valence-electron chi connectivity index (χ2n) is 7.39. The van der Waals surface area contributed by atoms with Crippen LogP contribution in [0.1, 0.15) is 43.0 Å². The number of allylic oxidation sites excluding steroid dienone is 2. The predicted molar refractivity (Wildman–Crippen MR) is 107 cm³/mol. The molecular formula is C23H23FN2O2. The van der Waals surface area contributed by atoms with E-state index < -0.39 is 0 Å². The van der Waals surface area contributed by atoms with Gasteiger partial charge >= 0.3 is 0 Å². The van der Waals surface area contributed by atoms with Crippen molar-refractivity contribution < 1.29 is 13.9 Å². The molecule has 0 bridgehead atoms. The molecule has 28 heavy (non-hydrogen) atoms. The average Bonchev–Trinajstić information content (AvgIpc) is 3.07. The quantitative estimate of drug-likeness (QED) is 0.727. The van der Waals surface area contributed by atoms with E-state index in [1.165, 1.54) is 24.6 Å². The summed E-state index contributed by atoms with van der Waals surface area (Å²) in [6, 6.07) is 12.6. The highest BCUT2D eigenvalue weighted by Gasteiger charge is 2.42. The van der Waals surface area contributed by atoms with Crippen LogP contribution in [0.2, 0.25) is 0 Å². The Bertz CT molecular complexity index is 979. The molecule has 0 aromatic heterocycles. The van der Waals surface area contributed by atoms with E-state index >= 15 is 0 Å². The maximum Gasteiger partial charge on any atom is 0.154 e. The van der Waals surface area contributed by atoms with Crippen molar-refractivity contribution in [2.24, 2.45) is 11.0 Å². The van der Waals surface area contributed by atoms with Crippen LogP contribution in [0.15, 0.2) is 59.3 Å². The molecule has 4 nitrogen and oxygen atoms in total. The number of carbonyl (C=O) groups is 1. The van der Waals surface area contributed by atoms with Gasteiger partial charge in [-0.3, -0.25) is 9.80 Å². The number of methoxy groups -OCH3 is 1. The number of hydrogen-bond donors (Lipinski definition) is 0. The normalized spacial score (nSPS) is 21.1. The SMILES string of the molecule is COc1ccc2c(c1)CC[C@@H]1C2=NN(/C(C)=C/C(C)=O)[C@H]1c1ccc(F)cc1. The molecule has 0 spiro atoms. The molecule has 2 aromatic rings. The van der Waals surface area contributed by atoms with Crippen LogP contribution in [0, 0.1) is 11.7 Å². The van der Waals surface area contributed by atoms with Crippen molar-refractivity contribution in [1.82, 2.24) is 5.01 Å². The topological polar surface area (TPSA) is 41.9 Å². The highest BCUT2D eigenvalue weighted by Crippen LogP contribution is 2.45. The first-order valence-corrected chi connectivity index (χ1v) is 9.47. The summed E-state index contributed by atoms with van der Waals surface area (Å²) in [6.07, 6.45) is 3.47. The monoisotopic (exact) mass is 378 g/mol. The van der Waals surface area contributed by atoms with Gasteiger partial charge < -0.3 is 4.74 Å². The van der Waals surface area contributed by atoms with E-state index in [4.69, 9.17) is 9.84 Å². The number of carbonyl (C=O) groups excluding carboxylic acids is 1. The molecule has 0 saturated carbocycles. The Kier molecular flexibility index (Phi) is 4.75. The fourth-order valence-corrected chi connectivity index (χ4v) is 4.28. The number of aryl methyl sites for hydroxylation is 1. The fraction of sp³-hybridized carbons (Fsp3) is 0.304. The number of fused-ring (bicyclic) bond motifs is 3. The summed E-state index contributed by atoms with van der Waals surface area (Å²) in [7, 11) is 1.67. The fourth-order valence-electron chi connectivity index (χ4n) is 4.28. The first-order valence-electron chi connectivity index (χ1n) is 9.47. The van der Waals surface area contributed by atoms with Crippen LogP contribution in [0.25, 0.3) is 0 Å². The Morgan fingerprint density at radius 1 is 1.21 bits per heavy atom. The minimum Gasteiger partial charge on any atom is -0.497 e. The summed E-state index contributed by atoms with van der Waals surface area (Å²) in [4.78, 5) is 11.7. The Hall–Kier alpha value is -2.95. The highest BCUT2D eigenvalue weighted by molar-refractivity contribution is 6.06. The standard InChI is InChI=1S/C23H23FN2O2/c1-14(12-15(2)27)26-23(16-4-7-18(24)8-5-16)21-10-6-17-13-19(28-3)9-11-20(17)22(21)25-26/h4-5,7-9,11-13,21,23H,6,10H2,1-3H3/b14-12+/t21-,23+/m1/s1. The van der Waals surface area contributed by atoms with Crippen LogP contribution in [-0.2, 0) is 11.2 Å². The van der Waals surface area contributed by atoms with Gasteiger partial charge in [0.15, 0.2) is 5.78 Å². The van der Waals surface area contributed by atoms with Crippen LogP contribution in [0.5, 0.6) is 5.75 Å². The number of benzene rings is 2. The minimum atomic E-state index is -0.258. The smallest absolute Gasteiger partial charge is 0.154 e. The van der Waals surface area contributed by atoms with Crippen LogP contribution in [-0.4, -0.2) is 23.6 Å². The molecule has 0 radical (unpaired) electrons. The molecule has 0 N–H and O–H groups in total. The summed E-state index contributed by atoms with van der Waals surface area (Å²) in [6.45, 7) is 3.43. The molecule has 144 valence electrons. The van der Waals surface area contributed by atoms with Gasteiger partial charge in [0.1, 0.15) is 11.6 Å². The largest absolute Gasteiger partial charge is 0.497 e. The minimum absolute atomic E-state index is 0.0180. The van der Waals surface area contributed by atoms with E-state index in [1.807, 2.05) is 30.1 Å². The molecule has 2 aliphatic rings. The number of nitrogens with zero attached hydrogens (tertiary/aromatic N) is 2. The Labute approximate surface area is 164 Å². The number of halogens is 1. The van der Waals surface area contributed by atoms with E-state index in [0.29, 0.717) is 0 Å². The molecule has 4 rings (SSSR count). The Balaban J connectivity index is 1.81. The van der Waals surface area contributed by atoms with Crippen LogP contribution in [0.4, 0.5) is 4.39 Å². The summed E-state index contributed by atoms with van der Waals surface area (Å²) in [5.41, 5.74) is 5.16. The molecule has 2 atom stereocenters. The van der Waals surface area contributed by atoms with Gasteiger partial charge in [-0.05, 0) is 68.1 Å². The second-order valence-corrected chi connectivity index (χ2v) is 7.39. The lowest BCUT2D eigenvalue weighted by molar-refractivity contribution is -0.112. The van der Waals surface area contributed by atoms with Crippen molar-refractivity contribution in [3.8, 4) is 5.75 Å². The summed E-state index contributed by atoms with van der Waals surface area (Å²) >= 11 is 0. The van der Waals surface area contributed by atoms with E-state index in [-0.39, 0.29) is 23.6 Å². The van der Waals surface area contributed by atoms with Gasteiger partial charge in [-0.1, -0.05) is 12.1 Å². The maximum atomic E-state index is 13.5. The Morgan fingerprint density at radius 3 is 2.64 bits per heavy atom. The summed E-state index contributed by atoms with van der Waals surface area (Å²) in [5.74, 6) is 0.749. The number of ketones is 1. The van der Waals surface area contributed by atoms with Crippen LogP contribution in [0.3, 0.4) is 0 Å². The van der Waals surface area contributed by atoms with Gasteiger partial charge in [-0.25, -0.2) is 4.39 Å². The molecule has 1 heterocycles. The molecule has 0 amide bonds. The number of hydrogen-bond acceptors (Lipinski definition) is 4. The van der Waals surface area contributed by atoms with Crippen molar-refractivity contribution in [2.75, 3.05) is 7.11 Å². The lowest BCUT2D eigenvalue weighted by Gasteiger charge is -2.31. The molecule has 0 saturated heterocycles. The third-order valence-electron chi connectivity index (χ3n) is 5.51. The zero-order chi connectivity index (χ0) is 19.8. The lowest BCUT2D eigenvalue weighted by atomic mass is 9.77. The number of rotatable bonds is 4. The van der Waals surface area contributed by atoms with Crippen molar-refractivity contribution in [1.29, 1.82) is 0 Å². The zero-order valence-corrected chi connectivity index (χ0v) is 16.3. The van der Waals surface area contributed by atoms with Gasteiger partial charge in [0.05, 0.1) is 18.9 Å². The van der Waals surface area contributed by atoms with E-state index in [9.17, 15) is 9.18 Å². The third kappa shape index (κ3) is 3.21. The predicted octanol–water partition coefficient (Wildman–Crippen LogP) is 4.65. The van der Waals surface area contributed by atoms with Crippen molar-refractivity contribution >= 4 is 11.5 Å². The maximum absolute atomic E-state index is 13.5. The highest BCUT2D eigenvalue weighted by atomic mass is 19.1. The molecule has 1 aliphatic carbocycles. The van der Waals surface area contributed by atoms with Gasteiger partial charge in [-0.15, -0.1) is 0 Å². The average molecular weight is 378 g/mol. The zero-order valence-electron chi connectivity index (χ0n) is 16.3. The van der Waals surface area contributed by atoms with Crippen molar-refractivity contribution in [2.45, 2.75) is 32.7 Å². The van der Waals surface area contributed by atoms with E-state index in [2.05, 4.69) is 12.1 Å². The Morgan fingerprint density at radius 2 is 1.96 bits per heavy atom. The lowest BCUT2D eigenvalue weighted by Crippen LogP contribution is -2.28. The van der Waals surface area contributed by atoms with Crippen molar-refractivity contribution in [3.63, 3.8) is 0 Å². The molecule has 0 unspecified atom stereocenters. The second kappa shape index (κ2) is 7.23. The van der Waals surface area contributed by atoms with Crippen LogP contribution >= 0.6 is 0 Å². The van der Waals surface area contributed by atoms with Gasteiger partial charge in [0.2, 0.25) is 0 Å². The molecule has 1 aliphatic heterocycles. The summed E-state index contributed by atoms with van der Waals surface area (Å²) in [5, 5.41) is 6.86. The third-order valence-corrected chi connectivity index (χ3v) is 5.51. The molecule has 5 heteroatoms. The van der Waals surface area contributed by atoms with Gasteiger partial charge in [0.25, 0.3) is 0 Å². The van der Waals surface area contributed by atoms with Crippen molar-refractivity contribution in [3.05, 3.63) is 76.7 Å². The molecular weight excluding hydrogens is 355 g/mol. The molecule has 2 aromatic carbocycles. The first-order chi connectivity index (χ1) is 13.5. The summed E-state index contributed by atoms with van der Waals surface area (Å²) < 4.78 is 18.9. The van der Waals surface area contributed by atoms with E-state index in [0.717, 1.165) is 41.1 Å². The van der Waals surface area contributed by atoms with E-state index in [1.54, 1.807) is 13.2 Å².